The lowest BCUT2D eigenvalue weighted by Gasteiger charge is -2.51. The van der Waals surface area contributed by atoms with Crippen molar-refractivity contribution in [2.45, 2.75) is 62.4 Å². The van der Waals surface area contributed by atoms with Crippen LogP contribution in [0.5, 0.6) is 0 Å². The zero-order chi connectivity index (χ0) is 26.0. The van der Waals surface area contributed by atoms with Gasteiger partial charge in [0.15, 0.2) is 5.78 Å². The van der Waals surface area contributed by atoms with Crippen LogP contribution in [0.4, 0.5) is 4.79 Å². The summed E-state index contributed by atoms with van der Waals surface area (Å²) in [6, 6.07) is 17.9. The molecule has 2 aromatic rings. The maximum absolute atomic E-state index is 13.7. The molecule has 37 heavy (non-hydrogen) atoms. The molecule has 0 radical (unpaired) electrons. The summed E-state index contributed by atoms with van der Waals surface area (Å²) < 4.78 is 0. The van der Waals surface area contributed by atoms with Gasteiger partial charge in [0.2, 0.25) is 0 Å². The SMILES string of the molecule is CN(C)C1(c2ccccc2)CCC2(CC1)CN(CC(=O)Cc1cccc(C#N)n1)C(=O)N2CC1CCC1. The molecule has 0 unspecified atom stereocenters. The fraction of sp³-hybridized carbons (Fsp3) is 0.533. The van der Waals surface area contributed by atoms with Crippen molar-refractivity contribution in [3.63, 3.8) is 0 Å². The Morgan fingerprint density at radius 1 is 1.08 bits per heavy atom. The minimum Gasteiger partial charge on any atom is -0.317 e. The first-order valence-corrected chi connectivity index (χ1v) is 13.5. The number of pyridine rings is 1. The first-order chi connectivity index (χ1) is 17.8. The molecular formula is C30H37N5O2. The number of carbonyl (C=O) groups excluding carboxylic acids is 2. The molecule has 3 aliphatic rings. The monoisotopic (exact) mass is 499 g/mol. The summed E-state index contributed by atoms with van der Waals surface area (Å²) in [5, 5.41) is 9.11. The summed E-state index contributed by atoms with van der Waals surface area (Å²) in [5.41, 5.74) is 1.95. The molecule has 1 aromatic carbocycles. The average molecular weight is 500 g/mol. The lowest BCUT2D eigenvalue weighted by molar-refractivity contribution is -0.119. The molecule has 0 N–H and O–H groups in total. The number of hydrogen-bond acceptors (Lipinski definition) is 5. The Morgan fingerprint density at radius 2 is 1.81 bits per heavy atom. The molecule has 7 nitrogen and oxygen atoms in total. The Balaban J connectivity index is 1.34. The highest BCUT2D eigenvalue weighted by molar-refractivity contribution is 5.88. The van der Waals surface area contributed by atoms with E-state index in [1.165, 1.54) is 24.8 Å². The minimum atomic E-state index is -0.222. The molecule has 1 saturated heterocycles. The Hall–Kier alpha value is -3.24. The number of nitrogens with zero attached hydrogens (tertiary/aromatic N) is 5. The molecule has 5 rings (SSSR count). The fourth-order valence-electron chi connectivity index (χ4n) is 6.62. The molecule has 2 heterocycles. The van der Waals surface area contributed by atoms with E-state index in [9.17, 15) is 9.59 Å². The second kappa shape index (κ2) is 10.3. The van der Waals surface area contributed by atoms with Crippen molar-refractivity contribution in [2.75, 3.05) is 33.7 Å². The number of amides is 2. The van der Waals surface area contributed by atoms with Gasteiger partial charge in [-0.05, 0) is 76.2 Å². The van der Waals surface area contributed by atoms with Crippen LogP contribution in [0.25, 0.3) is 0 Å². The predicted octanol–water partition coefficient (Wildman–Crippen LogP) is 4.37. The molecule has 2 saturated carbocycles. The Kier molecular flexibility index (Phi) is 7.04. The van der Waals surface area contributed by atoms with E-state index in [4.69, 9.17) is 5.26 Å². The van der Waals surface area contributed by atoms with E-state index in [1.807, 2.05) is 6.07 Å². The number of urea groups is 1. The fourth-order valence-corrected chi connectivity index (χ4v) is 6.62. The molecule has 0 bridgehead atoms. The number of aromatic nitrogens is 1. The van der Waals surface area contributed by atoms with Crippen LogP contribution in [0.2, 0.25) is 0 Å². The lowest BCUT2D eigenvalue weighted by atomic mass is 9.68. The maximum atomic E-state index is 13.7. The van der Waals surface area contributed by atoms with Gasteiger partial charge in [-0.1, -0.05) is 42.8 Å². The zero-order valence-electron chi connectivity index (χ0n) is 22.0. The van der Waals surface area contributed by atoms with E-state index in [-0.39, 0.29) is 35.9 Å². The Bertz CT molecular complexity index is 1180. The predicted molar refractivity (Wildman–Crippen MR) is 142 cm³/mol. The van der Waals surface area contributed by atoms with E-state index >= 15 is 0 Å². The van der Waals surface area contributed by atoms with Crippen molar-refractivity contribution in [1.82, 2.24) is 19.7 Å². The van der Waals surface area contributed by atoms with E-state index in [0.717, 1.165) is 32.2 Å². The van der Waals surface area contributed by atoms with Crippen LogP contribution < -0.4 is 0 Å². The second-order valence-corrected chi connectivity index (χ2v) is 11.4. The highest BCUT2D eigenvalue weighted by Crippen LogP contribution is 2.49. The lowest BCUT2D eigenvalue weighted by Crippen LogP contribution is -2.56. The average Bonchev–Trinajstić information content (AvgIpc) is 3.12. The third-order valence-corrected chi connectivity index (χ3v) is 9.07. The second-order valence-electron chi connectivity index (χ2n) is 11.4. The van der Waals surface area contributed by atoms with Crippen molar-refractivity contribution < 1.29 is 9.59 Å². The van der Waals surface area contributed by atoms with Crippen LogP contribution in [0.3, 0.4) is 0 Å². The quantitative estimate of drug-likeness (QED) is 0.539. The molecule has 3 fully saturated rings. The molecule has 0 atom stereocenters. The van der Waals surface area contributed by atoms with Gasteiger partial charge in [-0.25, -0.2) is 9.78 Å². The number of ketones is 1. The Morgan fingerprint density at radius 3 is 2.43 bits per heavy atom. The number of nitriles is 1. The topological polar surface area (TPSA) is 80.5 Å². The third kappa shape index (κ3) is 4.87. The van der Waals surface area contributed by atoms with Crippen LogP contribution in [-0.4, -0.2) is 70.8 Å². The van der Waals surface area contributed by atoms with Crippen molar-refractivity contribution in [1.29, 1.82) is 5.26 Å². The summed E-state index contributed by atoms with van der Waals surface area (Å²) in [6.45, 7) is 1.50. The normalized spacial score (nSPS) is 25.9. The summed E-state index contributed by atoms with van der Waals surface area (Å²) >= 11 is 0. The Labute approximate surface area is 220 Å². The van der Waals surface area contributed by atoms with E-state index < -0.39 is 0 Å². The third-order valence-electron chi connectivity index (χ3n) is 9.07. The molecule has 1 aliphatic heterocycles. The standard InChI is InChI=1S/C30H37N5O2/c1-33(2)30(24-10-4-3-5-11-24)16-14-29(15-17-30)22-34(28(37)35(29)20-23-8-6-9-23)21-27(36)18-25-12-7-13-26(19-31)32-25/h3-5,7,10-13,23H,6,8-9,14-18,20-22H2,1-2H3. The van der Waals surface area contributed by atoms with Gasteiger partial charge in [-0.15, -0.1) is 0 Å². The van der Waals surface area contributed by atoms with Gasteiger partial charge in [-0.3, -0.25) is 9.69 Å². The zero-order valence-corrected chi connectivity index (χ0v) is 22.0. The molecule has 1 aromatic heterocycles. The van der Waals surface area contributed by atoms with Gasteiger partial charge in [0, 0.05) is 24.3 Å². The van der Waals surface area contributed by atoms with Crippen molar-refractivity contribution >= 4 is 11.8 Å². The first-order valence-electron chi connectivity index (χ1n) is 13.5. The van der Waals surface area contributed by atoms with Crippen molar-refractivity contribution in [3.8, 4) is 6.07 Å². The molecule has 194 valence electrons. The summed E-state index contributed by atoms with van der Waals surface area (Å²) in [4.78, 5) is 37.3. The van der Waals surface area contributed by atoms with Gasteiger partial charge in [0.25, 0.3) is 0 Å². The summed E-state index contributed by atoms with van der Waals surface area (Å²) in [5.74, 6) is 0.531. The molecule has 1 spiro atoms. The van der Waals surface area contributed by atoms with Gasteiger partial charge >= 0.3 is 6.03 Å². The van der Waals surface area contributed by atoms with Gasteiger partial charge in [0.1, 0.15) is 11.8 Å². The van der Waals surface area contributed by atoms with Crippen LogP contribution in [0, 0.1) is 17.2 Å². The van der Waals surface area contributed by atoms with Crippen molar-refractivity contribution in [3.05, 3.63) is 65.5 Å². The van der Waals surface area contributed by atoms with Crippen LogP contribution >= 0.6 is 0 Å². The molecule has 2 amide bonds. The molecule has 2 aliphatic carbocycles. The van der Waals surface area contributed by atoms with Crippen LogP contribution in [0.15, 0.2) is 48.5 Å². The summed E-state index contributed by atoms with van der Waals surface area (Å²) in [6.07, 6.45) is 7.55. The van der Waals surface area contributed by atoms with Gasteiger partial charge in [0.05, 0.1) is 18.5 Å². The molecule has 7 heteroatoms. The minimum absolute atomic E-state index is 0.0102. The maximum Gasteiger partial charge on any atom is 0.321 e. The number of benzene rings is 1. The van der Waals surface area contributed by atoms with Gasteiger partial charge < -0.3 is 9.80 Å². The van der Waals surface area contributed by atoms with Gasteiger partial charge in [-0.2, -0.15) is 5.26 Å². The van der Waals surface area contributed by atoms with Crippen LogP contribution in [0.1, 0.15) is 61.9 Å². The first kappa shape index (κ1) is 25.4. The highest BCUT2D eigenvalue weighted by atomic mass is 16.2. The number of carbonyl (C=O) groups is 2. The van der Waals surface area contributed by atoms with Crippen molar-refractivity contribution in [2.24, 2.45) is 5.92 Å². The van der Waals surface area contributed by atoms with E-state index in [0.29, 0.717) is 23.9 Å². The highest BCUT2D eigenvalue weighted by Gasteiger charge is 2.55. The largest absolute Gasteiger partial charge is 0.321 e. The van der Waals surface area contributed by atoms with E-state index in [2.05, 4.69) is 59.2 Å². The smallest absolute Gasteiger partial charge is 0.317 e. The molecular weight excluding hydrogens is 462 g/mol. The number of hydrogen-bond donors (Lipinski definition) is 0. The van der Waals surface area contributed by atoms with E-state index in [1.54, 1.807) is 23.1 Å². The number of rotatable bonds is 8. The van der Waals surface area contributed by atoms with Crippen LogP contribution in [-0.2, 0) is 16.8 Å². The number of Topliss-reactive ketones (excluding diaryl/α,β-unsaturated/α-hetero) is 1. The summed E-state index contributed by atoms with van der Waals surface area (Å²) in [7, 11) is 4.33.